The third-order valence-electron chi connectivity index (χ3n) is 5.65. The minimum Gasteiger partial charge on any atom is -0.317 e. The number of hydrogen-bond donors (Lipinski definition) is 1. The Morgan fingerprint density at radius 2 is 1.67 bits per heavy atom. The number of rotatable bonds is 5. The molecule has 0 saturated heterocycles. The Bertz CT molecular complexity index is 220. The fourth-order valence-electron chi connectivity index (χ4n) is 4.40. The highest BCUT2D eigenvalue weighted by molar-refractivity contribution is 4.84. The van der Waals surface area contributed by atoms with Gasteiger partial charge in [0, 0.05) is 6.04 Å². The van der Waals surface area contributed by atoms with Gasteiger partial charge in [0.25, 0.3) is 0 Å². The quantitative estimate of drug-likeness (QED) is 0.743. The molecule has 2 rings (SSSR count). The molecule has 0 aromatic heterocycles. The van der Waals surface area contributed by atoms with E-state index in [1.54, 1.807) is 0 Å². The second kappa shape index (κ2) is 7.53. The Morgan fingerprint density at radius 3 is 2.33 bits per heavy atom. The average Bonchev–Trinajstić information content (AvgIpc) is 2.46. The van der Waals surface area contributed by atoms with Gasteiger partial charge in [0.1, 0.15) is 0 Å². The Kier molecular flexibility index (Phi) is 6.01. The van der Waals surface area contributed by atoms with Gasteiger partial charge < -0.3 is 5.32 Å². The van der Waals surface area contributed by atoms with Crippen molar-refractivity contribution in [1.29, 1.82) is 0 Å². The maximum absolute atomic E-state index is 3.66. The van der Waals surface area contributed by atoms with Crippen LogP contribution in [0.3, 0.4) is 0 Å². The Morgan fingerprint density at radius 1 is 0.944 bits per heavy atom. The molecule has 1 N–H and O–H groups in total. The van der Waals surface area contributed by atoms with Crippen LogP contribution in [0.1, 0.15) is 77.6 Å². The highest BCUT2D eigenvalue weighted by atomic mass is 14.9. The van der Waals surface area contributed by atoms with E-state index in [2.05, 4.69) is 19.3 Å². The Hall–Kier alpha value is -0.0400. The number of hydrogen-bond acceptors (Lipinski definition) is 1. The maximum atomic E-state index is 3.66. The van der Waals surface area contributed by atoms with Crippen molar-refractivity contribution < 1.29 is 0 Å². The van der Waals surface area contributed by atoms with Gasteiger partial charge in [-0.15, -0.1) is 0 Å². The average molecular weight is 251 g/mol. The van der Waals surface area contributed by atoms with Gasteiger partial charge in [0.2, 0.25) is 0 Å². The molecule has 0 spiro atoms. The third-order valence-corrected chi connectivity index (χ3v) is 5.65. The summed E-state index contributed by atoms with van der Waals surface area (Å²) in [6.07, 6.45) is 16.3. The summed E-state index contributed by atoms with van der Waals surface area (Å²) in [7, 11) is 2.20. The van der Waals surface area contributed by atoms with E-state index in [-0.39, 0.29) is 0 Å². The summed E-state index contributed by atoms with van der Waals surface area (Å²) in [6.45, 7) is 2.38. The van der Waals surface area contributed by atoms with Crippen LogP contribution >= 0.6 is 0 Å². The van der Waals surface area contributed by atoms with E-state index in [9.17, 15) is 0 Å². The van der Waals surface area contributed by atoms with Crippen molar-refractivity contribution in [2.75, 3.05) is 7.05 Å². The van der Waals surface area contributed by atoms with Crippen molar-refractivity contribution in [3.8, 4) is 0 Å². The lowest BCUT2D eigenvalue weighted by Gasteiger charge is -2.36. The topological polar surface area (TPSA) is 12.0 Å². The van der Waals surface area contributed by atoms with Crippen molar-refractivity contribution >= 4 is 0 Å². The molecule has 1 heteroatoms. The molecule has 2 fully saturated rings. The fraction of sp³-hybridized carbons (Fsp3) is 1.00. The predicted octanol–water partition coefficient (Wildman–Crippen LogP) is 4.76. The molecule has 0 aromatic carbocycles. The molecule has 0 bridgehead atoms. The molecule has 106 valence electrons. The van der Waals surface area contributed by atoms with Gasteiger partial charge in [-0.1, -0.05) is 58.3 Å². The molecule has 0 radical (unpaired) electrons. The lowest BCUT2D eigenvalue weighted by molar-refractivity contribution is 0.182. The van der Waals surface area contributed by atoms with Crippen LogP contribution in [-0.2, 0) is 0 Å². The summed E-state index contributed by atoms with van der Waals surface area (Å²) >= 11 is 0. The van der Waals surface area contributed by atoms with Gasteiger partial charge >= 0.3 is 0 Å². The van der Waals surface area contributed by atoms with Gasteiger partial charge in [-0.3, -0.25) is 0 Å². The molecular formula is C17H33N. The molecule has 1 nitrogen and oxygen atoms in total. The second-order valence-electron chi connectivity index (χ2n) is 6.84. The smallest absolute Gasteiger partial charge is 0.00950 e. The van der Waals surface area contributed by atoms with E-state index in [0.29, 0.717) is 0 Å². The molecule has 0 heterocycles. The molecule has 3 atom stereocenters. The third kappa shape index (κ3) is 3.98. The van der Waals surface area contributed by atoms with Crippen LogP contribution < -0.4 is 5.32 Å². The van der Waals surface area contributed by atoms with Crippen LogP contribution in [0.5, 0.6) is 0 Å². The minimum atomic E-state index is 0.808. The Balaban J connectivity index is 1.82. The second-order valence-corrected chi connectivity index (χ2v) is 6.84. The van der Waals surface area contributed by atoms with Crippen molar-refractivity contribution in [2.45, 2.75) is 83.6 Å². The van der Waals surface area contributed by atoms with Crippen LogP contribution in [0.2, 0.25) is 0 Å². The van der Waals surface area contributed by atoms with Crippen molar-refractivity contribution in [1.82, 2.24) is 5.32 Å². The number of nitrogens with one attached hydrogen (secondary N) is 1. The molecule has 0 aromatic rings. The molecule has 0 aliphatic heterocycles. The van der Waals surface area contributed by atoms with E-state index in [4.69, 9.17) is 0 Å². The summed E-state index contributed by atoms with van der Waals surface area (Å²) in [5.41, 5.74) is 0. The van der Waals surface area contributed by atoms with Crippen LogP contribution in [0, 0.1) is 17.8 Å². The largest absolute Gasteiger partial charge is 0.317 e. The lowest BCUT2D eigenvalue weighted by Crippen LogP contribution is -2.38. The van der Waals surface area contributed by atoms with Gasteiger partial charge in [-0.05, 0) is 44.1 Å². The molecular weight excluding hydrogens is 218 g/mol. The summed E-state index contributed by atoms with van der Waals surface area (Å²) < 4.78 is 0. The first kappa shape index (κ1) is 14.4. The highest BCUT2D eigenvalue weighted by Crippen LogP contribution is 2.36. The van der Waals surface area contributed by atoms with Crippen molar-refractivity contribution in [2.24, 2.45) is 17.8 Å². The van der Waals surface area contributed by atoms with Crippen LogP contribution in [0.25, 0.3) is 0 Å². The normalized spacial score (nSPS) is 32.3. The maximum Gasteiger partial charge on any atom is 0.00950 e. The summed E-state index contributed by atoms with van der Waals surface area (Å²) in [5.74, 6) is 3.01. The van der Waals surface area contributed by atoms with Gasteiger partial charge in [-0.25, -0.2) is 0 Å². The SMILES string of the molecule is CCC1CCCC(C(CC2CCCCC2)NC)C1. The summed E-state index contributed by atoms with van der Waals surface area (Å²) in [6, 6.07) is 0.808. The van der Waals surface area contributed by atoms with Crippen molar-refractivity contribution in [3.05, 3.63) is 0 Å². The van der Waals surface area contributed by atoms with Gasteiger partial charge in [-0.2, -0.15) is 0 Å². The van der Waals surface area contributed by atoms with Crippen LogP contribution in [0.15, 0.2) is 0 Å². The summed E-state index contributed by atoms with van der Waals surface area (Å²) in [4.78, 5) is 0. The van der Waals surface area contributed by atoms with E-state index in [1.165, 1.54) is 70.6 Å². The molecule has 3 unspecified atom stereocenters. The van der Waals surface area contributed by atoms with E-state index in [1.807, 2.05) is 0 Å². The standard InChI is InChI=1S/C17H33N/c1-3-14-10-7-11-16(12-14)17(18-2)13-15-8-5-4-6-9-15/h14-18H,3-13H2,1-2H3. The molecule has 0 amide bonds. The first-order valence-corrected chi connectivity index (χ1v) is 8.50. The monoisotopic (exact) mass is 251 g/mol. The van der Waals surface area contributed by atoms with Gasteiger partial charge in [0.15, 0.2) is 0 Å². The minimum absolute atomic E-state index is 0.808. The molecule has 2 saturated carbocycles. The summed E-state index contributed by atoms with van der Waals surface area (Å²) in [5, 5.41) is 3.66. The van der Waals surface area contributed by atoms with Crippen LogP contribution in [0.4, 0.5) is 0 Å². The first-order valence-electron chi connectivity index (χ1n) is 8.50. The van der Waals surface area contributed by atoms with Gasteiger partial charge in [0.05, 0.1) is 0 Å². The van der Waals surface area contributed by atoms with E-state index >= 15 is 0 Å². The van der Waals surface area contributed by atoms with E-state index < -0.39 is 0 Å². The molecule has 18 heavy (non-hydrogen) atoms. The Labute approximate surface area is 114 Å². The van der Waals surface area contributed by atoms with E-state index in [0.717, 1.165) is 23.8 Å². The fourth-order valence-corrected chi connectivity index (χ4v) is 4.40. The highest BCUT2D eigenvalue weighted by Gasteiger charge is 2.28. The zero-order chi connectivity index (χ0) is 12.8. The molecule has 2 aliphatic carbocycles. The van der Waals surface area contributed by atoms with Crippen LogP contribution in [-0.4, -0.2) is 13.1 Å². The lowest BCUT2D eigenvalue weighted by atomic mass is 9.73. The zero-order valence-corrected chi connectivity index (χ0v) is 12.6. The first-order chi connectivity index (χ1) is 8.83. The molecule has 2 aliphatic rings. The predicted molar refractivity (Wildman–Crippen MR) is 79.8 cm³/mol. The zero-order valence-electron chi connectivity index (χ0n) is 12.6. The van der Waals surface area contributed by atoms with Crippen molar-refractivity contribution in [3.63, 3.8) is 0 Å².